The van der Waals surface area contributed by atoms with Crippen molar-refractivity contribution in [2.24, 2.45) is 0 Å². The van der Waals surface area contributed by atoms with E-state index in [4.69, 9.17) is 17.2 Å². The summed E-state index contributed by atoms with van der Waals surface area (Å²) in [5.41, 5.74) is 22.4. The van der Waals surface area contributed by atoms with E-state index in [0.717, 1.165) is 16.7 Å². The van der Waals surface area contributed by atoms with Gasteiger partial charge in [0.2, 0.25) is 0 Å². The molecule has 2 aromatic rings. The average Bonchev–Trinajstić information content (AvgIpc) is 2.47. The van der Waals surface area contributed by atoms with Gasteiger partial charge < -0.3 is 17.2 Å². The molecule has 0 aliphatic carbocycles. The van der Waals surface area contributed by atoms with Crippen LogP contribution < -0.4 is 17.2 Å². The second-order valence-electron chi connectivity index (χ2n) is 5.21. The number of aryl methyl sites for hydroxylation is 2. The summed E-state index contributed by atoms with van der Waals surface area (Å²) in [6, 6.07) is 6.93. The first-order chi connectivity index (χ1) is 10.2. The number of nitro groups is 1. The molecule has 0 bridgehead atoms. The lowest BCUT2D eigenvalue weighted by atomic mass is 10.1. The summed E-state index contributed by atoms with van der Waals surface area (Å²) in [4.78, 5) is 9.94. The Morgan fingerprint density at radius 3 is 1.73 bits per heavy atom. The highest BCUT2D eigenvalue weighted by atomic mass is 16.6. The smallest absolute Gasteiger partial charge is 0.292 e. The van der Waals surface area contributed by atoms with Crippen LogP contribution in [0.15, 0.2) is 24.3 Å². The SMILES string of the molecule is Cc1ccc(N)c(N)c1C.Cc1ccc([N+](=O)[O-])c(N)c1C. The van der Waals surface area contributed by atoms with Crippen molar-refractivity contribution in [2.75, 3.05) is 17.2 Å². The summed E-state index contributed by atoms with van der Waals surface area (Å²) in [5.74, 6) is 0. The molecule has 0 aromatic heterocycles. The number of benzene rings is 2. The fourth-order valence-corrected chi connectivity index (χ4v) is 1.84. The predicted octanol–water partition coefficient (Wildman–Crippen LogP) is 3.26. The third-order valence-corrected chi connectivity index (χ3v) is 3.78. The Hall–Kier alpha value is -2.76. The largest absolute Gasteiger partial charge is 0.397 e. The van der Waals surface area contributed by atoms with Crippen LogP contribution in [-0.4, -0.2) is 4.92 Å². The van der Waals surface area contributed by atoms with Crippen LogP contribution in [0, 0.1) is 37.8 Å². The van der Waals surface area contributed by atoms with Gasteiger partial charge in [0.15, 0.2) is 0 Å². The first-order valence-electron chi connectivity index (χ1n) is 6.78. The lowest BCUT2D eigenvalue weighted by Gasteiger charge is -2.05. The van der Waals surface area contributed by atoms with Gasteiger partial charge in [0.05, 0.1) is 16.3 Å². The van der Waals surface area contributed by atoms with Crippen molar-refractivity contribution in [3.63, 3.8) is 0 Å². The van der Waals surface area contributed by atoms with Crippen LogP contribution >= 0.6 is 0 Å². The molecule has 0 radical (unpaired) electrons. The highest BCUT2D eigenvalue weighted by Gasteiger charge is 2.13. The van der Waals surface area contributed by atoms with Crippen LogP contribution in [0.2, 0.25) is 0 Å². The van der Waals surface area contributed by atoms with Crippen molar-refractivity contribution in [3.8, 4) is 0 Å². The van der Waals surface area contributed by atoms with Gasteiger partial charge in [-0.3, -0.25) is 10.1 Å². The lowest BCUT2D eigenvalue weighted by molar-refractivity contribution is -0.383. The zero-order chi connectivity index (χ0) is 17.0. The van der Waals surface area contributed by atoms with E-state index in [9.17, 15) is 10.1 Å². The zero-order valence-corrected chi connectivity index (χ0v) is 13.3. The van der Waals surface area contributed by atoms with E-state index in [0.29, 0.717) is 11.4 Å². The van der Waals surface area contributed by atoms with Gasteiger partial charge in [-0.15, -0.1) is 0 Å². The summed E-state index contributed by atoms with van der Waals surface area (Å²) in [7, 11) is 0. The van der Waals surface area contributed by atoms with Gasteiger partial charge in [-0.1, -0.05) is 12.1 Å². The average molecular weight is 302 g/mol. The molecule has 6 N–H and O–H groups in total. The zero-order valence-electron chi connectivity index (χ0n) is 13.3. The maximum absolute atomic E-state index is 10.4. The van der Waals surface area contributed by atoms with E-state index in [2.05, 4.69) is 0 Å². The van der Waals surface area contributed by atoms with Crippen molar-refractivity contribution in [1.29, 1.82) is 0 Å². The molecule has 0 fully saturated rings. The Balaban J connectivity index is 0.000000224. The number of hydrogen-bond acceptors (Lipinski definition) is 5. The number of nitro benzene ring substituents is 1. The Labute approximate surface area is 130 Å². The Bertz CT molecular complexity index is 685. The molecule has 0 unspecified atom stereocenters. The van der Waals surface area contributed by atoms with Crippen LogP contribution in [0.1, 0.15) is 22.3 Å². The minimum Gasteiger partial charge on any atom is -0.397 e. The van der Waals surface area contributed by atoms with Crippen molar-refractivity contribution in [3.05, 3.63) is 56.6 Å². The van der Waals surface area contributed by atoms with Crippen molar-refractivity contribution in [1.82, 2.24) is 0 Å². The normalized spacial score (nSPS) is 9.82. The quantitative estimate of drug-likeness (QED) is 0.424. The molecule has 0 atom stereocenters. The van der Waals surface area contributed by atoms with Gasteiger partial charge in [-0.05, 0) is 56.0 Å². The molecule has 2 aromatic carbocycles. The van der Waals surface area contributed by atoms with Crippen molar-refractivity contribution < 1.29 is 4.92 Å². The number of hydrogen-bond donors (Lipinski definition) is 3. The van der Waals surface area contributed by atoms with Crippen LogP contribution in [0.5, 0.6) is 0 Å². The fourth-order valence-electron chi connectivity index (χ4n) is 1.84. The standard InChI is InChI=1S/C8H10N2O2.C8H12N2/c1-5-3-4-7(10(11)12)8(9)6(5)2;1-5-3-4-7(9)8(10)6(5)2/h3-4H,9H2,1-2H3;3-4H,9-10H2,1-2H3. The van der Waals surface area contributed by atoms with E-state index >= 15 is 0 Å². The molecule has 6 heteroatoms. The van der Waals surface area contributed by atoms with Crippen LogP contribution in [0.25, 0.3) is 0 Å². The highest BCUT2D eigenvalue weighted by Crippen LogP contribution is 2.26. The lowest BCUT2D eigenvalue weighted by Crippen LogP contribution is -1.99. The summed E-state index contributed by atoms with van der Waals surface area (Å²) >= 11 is 0. The minimum absolute atomic E-state index is 0.0156. The molecule has 0 saturated carbocycles. The fraction of sp³-hybridized carbons (Fsp3) is 0.250. The van der Waals surface area contributed by atoms with Crippen molar-refractivity contribution >= 4 is 22.7 Å². The molecule has 118 valence electrons. The maximum Gasteiger partial charge on any atom is 0.292 e. The number of rotatable bonds is 1. The Morgan fingerprint density at radius 2 is 1.27 bits per heavy atom. The number of nitrogen functional groups attached to an aromatic ring is 3. The van der Waals surface area contributed by atoms with E-state index in [1.165, 1.54) is 11.6 Å². The molecule has 0 spiro atoms. The molecule has 0 amide bonds. The summed E-state index contributed by atoms with van der Waals surface area (Å²) in [6.45, 7) is 7.64. The maximum atomic E-state index is 10.4. The highest BCUT2D eigenvalue weighted by molar-refractivity contribution is 5.68. The molecular weight excluding hydrogens is 280 g/mol. The van der Waals surface area contributed by atoms with Gasteiger partial charge >= 0.3 is 0 Å². The topological polar surface area (TPSA) is 121 Å². The first-order valence-corrected chi connectivity index (χ1v) is 6.78. The third-order valence-electron chi connectivity index (χ3n) is 3.78. The molecular formula is C16H22N4O2. The summed E-state index contributed by atoms with van der Waals surface area (Å²) in [5, 5.41) is 10.4. The van der Waals surface area contributed by atoms with E-state index in [1.807, 2.05) is 32.9 Å². The van der Waals surface area contributed by atoms with Crippen molar-refractivity contribution in [2.45, 2.75) is 27.7 Å². The van der Waals surface area contributed by atoms with Gasteiger partial charge in [0.1, 0.15) is 5.69 Å². The molecule has 22 heavy (non-hydrogen) atoms. The van der Waals surface area contributed by atoms with E-state index < -0.39 is 4.92 Å². The monoisotopic (exact) mass is 302 g/mol. The molecule has 0 aliphatic rings. The molecule has 0 aliphatic heterocycles. The van der Waals surface area contributed by atoms with Gasteiger partial charge in [-0.25, -0.2) is 0 Å². The van der Waals surface area contributed by atoms with Gasteiger partial charge in [0, 0.05) is 6.07 Å². The number of nitrogens with zero attached hydrogens (tertiary/aromatic N) is 1. The minimum atomic E-state index is -0.470. The summed E-state index contributed by atoms with van der Waals surface area (Å²) < 4.78 is 0. The summed E-state index contributed by atoms with van der Waals surface area (Å²) in [6.07, 6.45) is 0. The van der Waals surface area contributed by atoms with E-state index in [1.54, 1.807) is 13.0 Å². The molecule has 0 saturated heterocycles. The first kappa shape index (κ1) is 17.3. The molecule has 6 nitrogen and oxygen atoms in total. The Morgan fingerprint density at radius 1 is 0.818 bits per heavy atom. The number of anilines is 3. The molecule has 2 rings (SSSR count). The Kier molecular flexibility index (Phi) is 5.34. The number of nitrogens with two attached hydrogens (primary N) is 3. The van der Waals surface area contributed by atoms with Crippen LogP contribution in [0.4, 0.5) is 22.7 Å². The second-order valence-corrected chi connectivity index (χ2v) is 5.21. The predicted molar refractivity (Wildman–Crippen MR) is 91.7 cm³/mol. The van der Waals surface area contributed by atoms with E-state index in [-0.39, 0.29) is 11.4 Å². The molecule has 0 heterocycles. The third kappa shape index (κ3) is 3.66. The van der Waals surface area contributed by atoms with Crippen LogP contribution in [-0.2, 0) is 0 Å². The van der Waals surface area contributed by atoms with Gasteiger partial charge in [0.25, 0.3) is 5.69 Å². The van der Waals surface area contributed by atoms with Crippen LogP contribution in [0.3, 0.4) is 0 Å². The van der Waals surface area contributed by atoms with Gasteiger partial charge in [-0.2, -0.15) is 0 Å². The second kappa shape index (κ2) is 6.80.